The molecule has 0 spiro atoms. The zero-order valence-electron chi connectivity index (χ0n) is 19.6. The minimum Gasteiger partial charge on any atom is -0.306 e. The van der Waals surface area contributed by atoms with Gasteiger partial charge in [0.1, 0.15) is 0 Å². The smallest absolute Gasteiger partial charge is 0.306 e. The summed E-state index contributed by atoms with van der Waals surface area (Å²) in [6.07, 6.45) is 0. The normalized spacial score (nSPS) is 11.3. The Hall–Kier alpha value is -3.94. The van der Waals surface area contributed by atoms with Crippen molar-refractivity contribution >= 4 is 21.7 Å². The van der Waals surface area contributed by atoms with Crippen molar-refractivity contribution in [1.82, 2.24) is 9.62 Å². The van der Waals surface area contributed by atoms with E-state index in [0.29, 0.717) is 12.2 Å². The predicted octanol–water partition coefficient (Wildman–Crippen LogP) is 5.59. The first kappa shape index (κ1) is 24.2. The Bertz CT molecular complexity index is 1350. The average Bonchev–Trinajstić information content (AvgIpc) is 2.85. The molecule has 0 heterocycles. The Balaban J connectivity index is 1.64. The van der Waals surface area contributed by atoms with E-state index in [9.17, 15) is 13.2 Å². The van der Waals surface area contributed by atoms with Crippen LogP contribution in [0.15, 0.2) is 108 Å². The standard InChI is InChI=1S/C28H27N3O3S/c1-31(2)20-21-16-18-24(19-17-21)35(33,34)30-28(32)29-27-25(22-10-5-3-6-11-22)14-9-15-26(27)23-12-7-4-8-13-23/h3-19H,20H2,1-2H3,(H2,29,30,32). The molecule has 0 saturated heterocycles. The Morgan fingerprint density at radius 1 is 0.714 bits per heavy atom. The highest BCUT2D eigenvalue weighted by Gasteiger charge is 2.20. The maximum Gasteiger partial charge on any atom is 0.333 e. The Morgan fingerprint density at radius 3 is 1.71 bits per heavy atom. The van der Waals surface area contributed by atoms with Gasteiger partial charge in [0.05, 0.1) is 10.6 Å². The Labute approximate surface area is 206 Å². The van der Waals surface area contributed by atoms with Gasteiger partial charge in [-0.3, -0.25) is 0 Å². The van der Waals surface area contributed by atoms with Crippen molar-refractivity contribution in [3.05, 3.63) is 109 Å². The number of benzene rings is 4. The number of hydrogen-bond acceptors (Lipinski definition) is 4. The van der Waals surface area contributed by atoms with Crippen molar-refractivity contribution in [3.8, 4) is 22.3 Å². The molecule has 6 nitrogen and oxygen atoms in total. The molecular formula is C28H27N3O3S. The lowest BCUT2D eigenvalue weighted by Crippen LogP contribution is -2.34. The molecule has 2 amide bonds. The van der Waals surface area contributed by atoms with E-state index in [1.165, 1.54) is 12.1 Å². The number of amides is 2. The van der Waals surface area contributed by atoms with Crippen LogP contribution >= 0.6 is 0 Å². The quantitative estimate of drug-likeness (QED) is 0.358. The van der Waals surface area contributed by atoms with Gasteiger partial charge in [-0.25, -0.2) is 17.9 Å². The van der Waals surface area contributed by atoms with Gasteiger partial charge in [-0.1, -0.05) is 91.0 Å². The fourth-order valence-corrected chi connectivity index (χ4v) is 4.77. The molecule has 4 aromatic carbocycles. The first-order valence-electron chi connectivity index (χ1n) is 11.1. The van der Waals surface area contributed by atoms with Crippen LogP contribution in [0.2, 0.25) is 0 Å². The molecule has 0 fully saturated rings. The molecule has 178 valence electrons. The number of rotatable bonds is 7. The summed E-state index contributed by atoms with van der Waals surface area (Å²) >= 11 is 0. The molecule has 0 radical (unpaired) electrons. The number of urea groups is 1. The third-order valence-corrected chi connectivity index (χ3v) is 6.78. The maximum atomic E-state index is 13.0. The van der Waals surface area contributed by atoms with Crippen LogP contribution in [0.5, 0.6) is 0 Å². The topological polar surface area (TPSA) is 78.5 Å². The number of hydrogen-bond donors (Lipinski definition) is 2. The number of carbonyl (C=O) groups excluding carboxylic acids is 1. The Morgan fingerprint density at radius 2 is 1.23 bits per heavy atom. The number of sulfonamides is 1. The van der Waals surface area contributed by atoms with E-state index in [1.54, 1.807) is 12.1 Å². The lowest BCUT2D eigenvalue weighted by Gasteiger charge is -2.17. The minimum atomic E-state index is -4.06. The van der Waals surface area contributed by atoms with E-state index in [0.717, 1.165) is 27.8 Å². The molecule has 2 N–H and O–H groups in total. The summed E-state index contributed by atoms with van der Waals surface area (Å²) < 4.78 is 27.9. The van der Waals surface area contributed by atoms with Crippen LogP contribution in [0, 0.1) is 0 Å². The number of para-hydroxylation sites is 1. The second-order valence-corrected chi connectivity index (χ2v) is 10.1. The van der Waals surface area contributed by atoms with E-state index in [2.05, 4.69) is 10.0 Å². The third-order valence-electron chi connectivity index (χ3n) is 5.43. The summed E-state index contributed by atoms with van der Waals surface area (Å²) in [4.78, 5) is 15.0. The van der Waals surface area contributed by atoms with Crippen molar-refractivity contribution < 1.29 is 13.2 Å². The molecular weight excluding hydrogens is 458 g/mol. The Kier molecular flexibility index (Phi) is 7.29. The molecule has 0 aliphatic heterocycles. The monoisotopic (exact) mass is 485 g/mol. The molecule has 4 rings (SSSR count). The lowest BCUT2D eigenvalue weighted by atomic mass is 9.96. The highest BCUT2D eigenvalue weighted by molar-refractivity contribution is 7.90. The van der Waals surface area contributed by atoms with Crippen LogP contribution in [0.1, 0.15) is 5.56 Å². The van der Waals surface area contributed by atoms with Crippen LogP contribution in [0.4, 0.5) is 10.5 Å². The lowest BCUT2D eigenvalue weighted by molar-refractivity contribution is 0.256. The number of nitrogens with one attached hydrogen (secondary N) is 2. The van der Waals surface area contributed by atoms with Crippen molar-refractivity contribution in [2.24, 2.45) is 0 Å². The van der Waals surface area contributed by atoms with Gasteiger partial charge in [0.2, 0.25) is 0 Å². The van der Waals surface area contributed by atoms with E-state index < -0.39 is 16.1 Å². The first-order valence-corrected chi connectivity index (χ1v) is 12.6. The zero-order chi connectivity index (χ0) is 24.8. The summed E-state index contributed by atoms with van der Waals surface area (Å²) in [6.45, 7) is 0.687. The van der Waals surface area contributed by atoms with Crippen LogP contribution in [-0.4, -0.2) is 33.4 Å². The van der Waals surface area contributed by atoms with Crippen LogP contribution in [0.25, 0.3) is 22.3 Å². The van der Waals surface area contributed by atoms with Gasteiger partial charge >= 0.3 is 6.03 Å². The van der Waals surface area contributed by atoms with Gasteiger partial charge in [0.15, 0.2) is 0 Å². The fourth-order valence-electron chi connectivity index (χ4n) is 3.86. The predicted molar refractivity (Wildman–Crippen MR) is 140 cm³/mol. The van der Waals surface area contributed by atoms with Crippen molar-refractivity contribution in [3.63, 3.8) is 0 Å². The molecule has 0 atom stereocenters. The molecule has 0 saturated carbocycles. The van der Waals surface area contributed by atoms with Gasteiger partial charge in [0.25, 0.3) is 10.0 Å². The summed E-state index contributed by atoms with van der Waals surface area (Å²) in [5.74, 6) is 0. The summed E-state index contributed by atoms with van der Waals surface area (Å²) in [6, 6.07) is 30.6. The van der Waals surface area contributed by atoms with Gasteiger partial charge in [-0.05, 0) is 42.9 Å². The summed E-state index contributed by atoms with van der Waals surface area (Å²) in [7, 11) is -0.179. The zero-order valence-corrected chi connectivity index (χ0v) is 20.4. The van der Waals surface area contributed by atoms with Gasteiger partial charge in [0, 0.05) is 17.7 Å². The summed E-state index contributed by atoms with van der Waals surface area (Å²) in [5, 5.41) is 2.80. The van der Waals surface area contributed by atoms with Gasteiger partial charge in [-0.2, -0.15) is 0 Å². The SMILES string of the molecule is CN(C)Cc1ccc(S(=O)(=O)NC(=O)Nc2c(-c3ccccc3)cccc2-c2ccccc2)cc1. The average molecular weight is 486 g/mol. The molecule has 0 aliphatic rings. The number of carbonyl (C=O) groups is 1. The van der Waals surface area contributed by atoms with Crippen LogP contribution < -0.4 is 10.0 Å². The highest BCUT2D eigenvalue weighted by atomic mass is 32.2. The molecule has 0 aromatic heterocycles. The van der Waals surface area contributed by atoms with Crippen LogP contribution in [-0.2, 0) is 16.6 Å². The van der Waals surface area contributed by atoms with E-state index in [4.69, 9.17) is 0 Å². The van der Waals surface area contributed by atoms with Gasteiger partial charge in [-0.15, -0.1) is 0 Å². The first-order chi connectivity index (χ1) is 16.8. The number of nitrogens with zero attached hydrogens (tertiary/aromatic N) is 1. The third kappa shape index (κ3) is 5.95. The van der Waals surface area contributed by atoms with Crippen molar-refractivity contribution in [2.45, 2.75) is 11.4 Å². The molecule has 35 heavy (non-hydrogen) atoms. The van der Waals surface area contributed by atoms with E-state index in [1.807, 2.05) is 97.9 Å². The molecule has 7 heteroatoms. The summed E-state index contributed by atoms with van der Waals surface area (Å²) in [5.41, 5.74) is 4.88. The van der Waals surface area contributed by atoms with E-state index >= 15 is 0 Å². The van der Waals surface area contributed by atoms with Crippen LogP contribution in [0.3, 0.4) is 0 Å². The molecule has 0 aliphatic carbocycles. The fraction of sp³-hybridized carbons (Fsp3) is 0.107. The minimum absolute atomic E-state index is 0.0229. The van der Waals surface area contributed by atoms with Gasteiger partial charge < -0.3 is 10.2 Å². The van der Waals surface area contributed by atoms with Crippen molar-refractivity contribution in [1.29, 1.82) is 0 Å². The maximum absolute atomic E-state index is 13.0. The van der Waals surface area contributed by atoms with Crippen molar-refractivity contribution in [2.75, 3.05) is 19.4 Å². The number of anilines is 1. The molecule has 0 unspecified atom stereocenters. The second-order valence-electron chi connectivity index (χ2n) is 8.40. The van der Waals surface area contributed by atoms with E-state index in [-0.39, 0.29) is 4.90 Å². The highest BCUT2D eigenvalue weighted by Crippen LogP contribution is 2.37. The molecule has 0 bridgehead atoms. The largest absolute Gasteiger partial charge is 0.333 e. The second kappa shape index (κ2) is 10.5. The molecule has 4 aromatic rings.